The molecular weight excluding hydrogens is 469 g/mol. The van der Waals surface area contributed by atoms with E-state index >= 15 is 0 Å². The number of thiocarbonyl (C=S) groups is 1. The smallest absolute Gasteiger partial charge is 0.416 e. The number of ether oxygens (including phenoxy) is 1. The molecule has 0 amide bonds. The van der Waals surface area contributed by atoms with Gasteiger partial charge in [0.1, 0.15) is 5.00 Å². The molecule has 168 valence electrons. The Kier molecular flexibility index (Phi) is 7.82. The van der Waals surface area contributed by atoms with E-state index < -0.39 is 17.7 Å². The number of carbonyl (C=O) groups is 1. The summed E-state index contributed by atoms with van der Waals surface area (Å²) in [5, 5.41) is 6.37. The molecule has 2 aromatic rings. The number of carbonyl (C=O) groups excluding carboxylic acids is 1. The lowest BCUT2D eigenvalue weighted by Crippen LogP contribution is -2.21. The second-order valence-electron chi connectivity index (χ2n) is 7.11. The highest BCUT2D eigenvalue weighted by Crippen LogP contribution is 2.38. The molecule has 0 unspecified atom stereocenters. The van der Waals surface area contributed by atoms with Crippen molar-refractivity contribution in [3.63, 3.8) is 0 Å². The highest BCUT2D eigenvalue weighted by molar-refractivity contribution is 7.80. The van der Waals surface area contributed by atoms with Crippen molar-refractivity contribution in [2.24, 2.45) is 0 Å². The first-order chi connectivity index (χ1) is 14.7. The predicted octanol–water partition coefficient (Wildman–Crippen LogP) is 7.06. The molecule has 0 aliphatic heterocycles. The molecule has 1 aromatic carbocycles. The number of rotatable bonds is 4. The molecule has 1 heterocycles. The van der Waals surface area contributed by atoms with Gasteiger partial charge in [0.2, 0.25) is 0 Å². The molecule has 1 aliphatic rings. The summed E-state index contributed by atoms with van der Waals surface area (Å²) in [5.41, 5.74) is 0.628. The maximum absolute atomic E-state index is 13.0. The second kappa shape index (κ2) is 10.2. The lowest BCUT2D eigenvalue weighted by Gasteiger charge is -2.14. The summed E-state index contributed by atoms with van der Waals surface area (Å²) < 4.78 is 44.3. The van der Waals surface area contributed by atoms with Gasteiger partial charge in [-0.3, -0.25) is 0 Å². The number of esters is 1. The molecule has 3 rings (SSSR count). The number of benzene rings is 1. The molecule has 0 atom stereocenters. The topological polar surface area (TPSA) is 50.4 Å². The molecule has 4 nitrogen and oxygen atoms in total. The van der Waals surface area contributed by atoms with E-state index in [-0.39, 0.29) is 22.4 Å². The molecule has 31 heavy (non-hydrogen) atoms. The third kappa shape index (κ3) is 5.90. The van der Waals surface area contributed by atoms with E-state index in [1.807, 2.05) is 0 Å². The van der Waals surface area contributed by atoms with Crippen LogP contribution in [0.5, 0.6) is 0 Å². The number of hydrogen-bond donors (Lipinski definition) is 2. The van der Waals surface area contributed by atoms with Crippen LogP contribution in [0.3, 0.4) is 0 Å². The Labute approximate surface area is 193 Å². The number of halogens is 4. The third-order valence-corrected chi connectivity index (χ3v) is 6.66. The first-order valence-electron chi connectivity index (χ1n) is 9.97. The second-order valence-corrected chi connectivity index (χ2v) is 9.03. The standard InChI is InChI=1S/C21H22ClF3N2O2S2/c1-2-29-19(28)17-13-7-5-3-4-6-8-16(13)31-18(17)27-20(30)26-15-11-12(21(23,24)25)9-10-14(15)22/h9-11H,2-8H2,1H3,(H2,26,27,30). The predicted molar refractivity (Wildman–Crippen MR) is 122 cm³/mol. The van der Waals surface area contributed by atoms with Crippen LogP contribution in [0.25, 0.3) is 0 Å². The van der Waals surface area contributed by atoms with Crippen molar-refractivity contribution in [3.05, 3.63) is 44.8 Å². The lowest BCUT2D eigenvalue weighted by atomic mass is 9.96. The van der Waals surface area contributed by atoms with Crippen LogP contribution in [0.2, 0.25) is 5.02 Å². The van der Waals surface area contributed by atoms with Gasteiger partial charge in [0.25, 0.3) is 0 Å². The van der Waals surface area contributed by atoms with Crippen LogP contribution in [0, 0.1) is 0 Å². The average Bonchev–Trinajstić information content (AvgIpc) is 2.99. The van der Waals surface area contributed by atoms with Gasteiger partial charge in [-0.25, -0.2) is 4.79 Å². The number of nitrogens with one attached hydrogen (secondary N) is 2. The molecule has 1 aromatic heterocycles. The monoisotopic (exact) mass is 490 g/mol. The van der Waals surface area contributed by atoms with Gasteiger partial charge < -0.3 is 15.4 Å². The molecule has 0 saturated heterocycles. The fourth-order valence-electron chi connectivity index (χ4n) is 3.48. The molecule has 0 saturated carbocycles. The molecule has 0 spiro atoms. The minimum Gasteiger partial charge on any atom is -0.462 e. The minimum absolute atomic E-state index is 0.0293. The molecule has 0 fully saturated rings. The van der Waals surface area contributed by atoms with E-state index in [1.54, 1.807) is 6.92 Å². The summed E-state index contributed by atoms with van der Waals surface area (Å²) in [6.07, 6.45) is 1.42. The van der Waals surface area contributed by atoms with Gasteiger partial charge in [-0.05, 0) is 68.6 Å². The van der Waals surface area contributed by atoms with Gasteiger partial charge in [-0.2, -0.15) is 13.2 Å². The summed E-state index contributed by atoms with van der Waals surface area (Å²) in [6, 6.07) is 2.97. The fourth-order valence-corrected chi connectivity index (χ4v) is 5.20. The quantitative estimate of drug-likeness (QED) is 0.354. The molecule has 1 aliphatic carbocycles. The zero-order valence-electron chi connectivity index (χ0n) is 16.8. The first kappa shape index (κ1) is 23.8. The Morgan fingerprint density at radius 1 is 1.19 bits per heavy atom. The summed E-state index contributed by atoms with van der Waals surface area (Å²) in [6.45, 7) is 1.98. The summed E-state index contributed by atoms with van der Waals surface area (Å²) >= 11 is 12.8. The van der Waals surface area contributed by atoms with E-state index in [0.29, 0.717) is 10.6 Å². The van der Waals surface area contributed by atoms with Gasteiger partial charge in [0.05, 0.1) is 28.4 Å². The highest BCUT2D eigenvalue weighted by Gasteiger charge is 2.31. The molecule has 2 N–H and O–H groups in total. The first-order valence-corrected chi connectivity index (χ1v) is 11.6. The SMILES string of the molecule is CCOC(=O)c1c(NC(=S)Nc2cc(C(F)(F)F)ccc2Cl)sc2c1CCCCCC2. The number of fused-ring (bicyclic) bond motifs is 1. The molecular formula is C21H22ClF3N2O2S2. The Morgan fingerprint density at radius 2 is 1.90 bits per heavy atom. The van der Waals surface area contributed by atoms with Crippen LogP contribution in [0.15, 0.2) is 18.2 Å². The number of alkyl halides is 3. The van der Waals surface area contributed by atoms with Gasteiger partial charge in [0.15, 0.2) is 5.11 Å². The van der Waals surface area contributed by atoms with Crippen LogP contribution in [-0.2, 0) is 23.8 Å². The van der Waals surface area contributed by atoms with Crippen LogP contribution in [0.1, 0.15) is 59.0 Å². The average molecular weight is 491 g/mol. The summed E-state index contributed by atoms with van der Waals surface area (Å²) in [5.74, 6) is -0.428. The zero-order valence-corrected chi connectivity index (χ0v) is 19.2. The van der Waals surface area contributed by atoms with Crippen molar-refractivity contribution < 1.29 is 22.7 Å². The molecule has 0 bridgehead atoms. The minimum atomic E-state index is -4.50. The van der Waals surface area contributed by atoms with Gasteiger partial charge >= 0.3 is 12.1 Å². The Hall–Kier alpha value is -1.84. The van der Waals surface area contributed by atoms with Gasteiger partial charge in [-0.15, -0.1) is 11.3 Å². The molecule has 10 heteroatoms. The number of thiophene rings is 1. The lowest BCUT2D eigenvalue weighted by molar-refractivity contribution is -0.137. The summed E-state index contributed by atoms with van der Waals surface area (Å²) in [4.78, 5) is 13.8. The van der Waals surface area contributed by atoms with E-state index in [1.165, 1.54) is 11.3 Å². The number of aryl methyl sites for hydroxylation is 1. The fraction of sp³-hybridized carbons (Fsp3) is 0.429. The van der Waals surface area contributed by atoms with E-state index in [2.05, 4.69) is 10.6 Å². The largest absolute Gasteiger partial charge is 0.462 e. The van der Waals surface area contributed by atoms with Crippen molar-refractivity contribution in [3.8, 4) is 0 Å². The van der Waals surface area contributed by atoms with Crippen molar-refractivity contribution in [2.45, 2.75) is 51.6 Å². The van der Waals surface area contributed by atoms with Crippen molar-refractivity contribution in [2.75, 3.05) is 17.2 Å². The van der Waals surface area contributed by atoms with Crippen LogP contribution in [0.4, 0.5) is 23.9 Å². The highest BCUT2D eigenvalue weighted by atomic mass is 35.5. The zero-order chi connectivity index (χ0) is 22.6. The Morgan fingerprint density at radius 3 is 2.58 bits per heavy atom. The van der Waals surface area contributed by atoms with E-state index in [9.17, 15) is 18.0 Å². The van der Waals surface area contributed by atoms with Gasteiger partial charge in [0, 0.05) is 4.88 Å². The van der Waals surface area contributed by atoms with Crippen molar-refractivity contribution in [1.82, 2.24) is 0 Å². The normalized spacial score (nSPS) is 14.2. The number of anilines is 2. The maximum atomic E-state index is 13.0. The number of hydrogen-bond acceptors (Lipinski definition) is 4. The van der Waals surface area contributed by atoms with Crippen molar-refractivity contribution in [1.29, 1.82) is 0 Å². The Balaban J connectivity index is 1.87. The van der Waals surface area contributed by atoms with Gasteiger partial charge in [-0.1, -0.05) is 24.4 Å². The van der Waals surface area contributed by atoms with E-state index in [4.69, 9.17) is 28.6 Å². The van der Waals surface area contributed by atoms with Crippen LogP contribution >= 0.6 is 35.2 Å². The van der Waals surface area contributed by atoms with E-state index in [0.717, 1.165) is 67.2 Å². The van der Waals surface area contributed by atoms with Crippen molar-refractivity contribution >= 4 is 56.9 Å². The maximum Gasteiger partial charge on any atom is 0.416 e. The van der Waals surface area contributed by atoms with Crippen LogP contribution in [-0.4, -0.2) is 17.7 Å². The van der Waals surface area contributed by atoms with Crippen LogP contribution < -0.4 is 10.6 Å². The Bertz CT molecular complexity index is 976. The summed E-state index contributed by atoms with van der Waals surface area (Å²) in [7, 11) is 0. The molecule has 0 radical (unpaired) electrons. The third-order valence-electron chi connectivity index (χ3n) is 4.92.